The van der Waals surface area contributed by atoms with E-state index < -0.39 is 6.04 Å². The van der Waals surface area contributed by atoms with Gasteiger partial charge in [-0.25, -0.2) is 0 Å². The Morgan fingerprint density at radius 3 is 1.85 bits per heavy atom. The molecular formula is C35H36Cl2N2O2. The van der Waals surface area contributed by atoms with Gasteiger partial charge in [-0.2, -0.15) is 0 Å². The smallest absolute Gasteiger partial charge is 0.243 e. The molecule has 0 fully saturated rings. The van der Waals surface area contributed by atoms with Crippen molar-refractivity contribution in [3.05, 3.63) is 141 Å². The lowest BCUT2D eigenvalue weighted by Gasteiger charge is -2.33. The van der Waals surface area contributed by atoms with Gasteiger partial charge in [-0.1, -0.05) is 127 Å². The first-order chi connectivity index (χ1) is 19.9. The van der Waals surface area contributed by atoms with Crippen LogP contribution in [-0.2, 0) is 22.6 Å². The molecule has 0 radical (unpaired) electrons. The fourth-order valence-electron chi connectivity index (χ4n) is 4.92. The van der Waals surface area contributed by atoms with E-state index in [-0.39, 0.29) is 36.7 Å². The molecule has 4 aromatic carbocycles. The maximum absolute atomic E-state index is 14.4. The first-order valence-corrected chi connectivity index (χ1v) is 14.8. The average Bonchev–Trinajstić information content (AvgIpc) is 3.00. The summed E-state index contributed by atoms with van der Waals surface area (Å²) in [5.41, 5.74) is 3.87. The standard InChI is InChI=1S/C35H36Cl2N2O2/c1-3-25(2)38-35(41)33(22-26-13-7-4-8-14-26)39(24-27-19-20-31(36)32(37)21-27)34(40)23-30(28-15-9-5-10-16-28)29-17-11-6-12-18-29/h4-21,25,30,33H,3,22-24H2,1-2H3,(H,38,41)/t25-,33-/m0/s1. The number of benzene rings is 4. The van der Waals surface area contributed by atoms with Gasteiger partial charge >= 0.3 is 0 Å². The topological polar surface area (TPSA) is 49.4 Å². The summed E-state index contributed by atoms with van der Waals surface area (Å²) in [6, 6.07) is 34.5. The van der Waals surface area contributed by atoms with Gasteiger partial charge in [0.2, 0.25) is 11.8 Å². The van der Waals surface area contributed by atoms with Gasteiger partial charge in [0, 0.05) is 31.3 Å². The monoisotopic (exact) mass is 586 g/mol. The predicted molar refractivity (Wildman–Crippen MR) is 168 cm³/mol. The van der Waals surface area contributed by atoms with Gasteiger partial charge in [-0.05, 0) is 47.7 Å². The van der Waals surface area contributed by atoms with Crippen LogP contribution in [0.25, 0.3) is 0 Å². The van der Waals surface area contributed by atoms with Crippen LogP contribution in [-0.4, -0.2) is 28.8 Å². The van der Waals surface area contributed by atoms with Crippen LogP contribution in [0.3, 0.4) is 0 Å². The number of hydrogen-bond acceptors (Lipinski definition) is 2. The van der Waals surface area contributed by atoms with Gasteiger partial charge in [-0.15, -0.1) is 0 Å². The molecule has 4 nitrogen and oxygen atoms in total. The zero-order valence-electron chi connectivity index (χ0n) is 23.5. The summed E-state index contributed by atoms with van der Waals surface area (Å²) >= 11 is 12.6. The molecule has 0 aliphatic heterocycles. The Hall–Kier alpha value is -3.60. The molecule has 0 spiro atoms. The summed E-state index contributed by atoms with van der Waals surface area (Å²) in [6.07, 6.45) is 1.38. The maximum Gasteiger partial charge on any atom is 0.243 e. The fraction of sp³-hybridized carbons (Fsp3) is 0.257. The number of rotatable bonds is 12. The van der Waals surface area contributed by atoms with Crippen LogP contribution >= 0.6 is 23.2 Å². The lowest BCUT2D eigenvalue weighted by atomic mass is 9.87. The van der Waals surface area contributed by atoms with Crippen molar-refractivity contribution in [3.63, 3.8) is 0 Å². The van der Waals surface area contributed by atoms with Crippen molar-refractivity contribution in [1.82, 2.24) is 10.2 Å². The van der Waals surface area contributed by atoms with E-state index in [9.17, 15) is 9.59 Å². The van der Waals surface area contributed by atoms with Crippen LogP contribution < -0.4 is 5.32 Å². The minimum Gasteiger partial charge on any atom is -0.352 e. The van der Waals surface area contributed by atoms with Crippen molar-refractivity contribution in [2.75, 3.05) is 0 Å². The molecule has 0 saturated carbocycles. The number of halogens is 2. The zero-order chi connectivity index (χ0) is 29.2. The number of nitrogens with zero attached hydrogens (tertiary/aromatic N) is 1. The van der Waals surface area contributed by atoms with E-state index in [1.807, 2.05) is 111 Å². The van der Waals surface area contributed by atoms with Crippen LogP contribution in [0.5, 0.6) is 0 Å². The van der Waals surface area contributed by atoms with E-state index in [0.717, 1.165) is 28.7 Å². The number of hydrogen-bond donors (Lipinski definition) is 1. The molecule has 212 valence electrons. The molecule has 2 atom stereocenters. The summed E-state index contributed by atoms with van der Waals surface area (Å²) < 4.78 is 0. The number of amides is 2. The van der Waals surface area contributed by atoms with Crippen molar-refractivity contribution in [1.29, 1.82) is 0 Å². The van der Waals surface area contributed by atoms with Crippen molar-refractivity contribution in [2.45, 2.75) is 57.7 Å². The van der Waals surface area contributed by atoms with Crippen molar-refractivity contribution < 1.29 is 9.59 Å². The van der Waals surface area contributed by atoms with Gasteiger partial charge < -0.3 is 10.2 Å². The second kappa shape index (κ2) is 14.9. The molecular weight excluding hydrogens is 551 g/mol. The largest absolute Gasteiger partial charge is 0.352 e. The Bertz CT molecular complexity index is 1370. The number of carbonyl (C=O) groups excluding carboxylic acids is 2. The second-order valence-electron chi connectivity index (χ2n) is 10.4. The van der Waals surface area contributed by atoms with E-state index in [2.05, 4.69) is 5.32 Å². The van der Waals surface area contributed by atoms with E-state index in [4.69, 9.17) is 23.2 Å². The van der Waals surface area contributed by atoms with Gasteiger partial charge in [0.25, 0.3) is 0 Å². The third-order valence-electron chi connectivity index (χ3n) is 7.39. The summed E-state index contributed by atoms with van der Waals surface area (Å²) in [4.78, 5) is 30.0. The highest BCUT2D eigenvalue weighted by Gasteiger charge is 2.32. The van der Waals surface area contributed by atoms with Crippen LogP contribution in [0.1, 0.15) is 54.9 Å². The van der Waals surface area contributed by atoms with Crippen LogP contribution in [0, 0.1) is 0 Å². The van der Waals surface area contributed by atoms with Crippen LogP contribution in [0.4, 0.5) is 0 Å². The highest BCUT2D eigenvalue weighted by molar-refractivity contribution is 6.42. The van der Waals surface area contributed by atoms with Crippen molar-refractivity contribution in [3.8, 4) is 0 Å². The lowest BCUT2D eigenvalue weighted by molar-refractivity contribution is -0.141. The molecule has 0 unspecified atom stereocenters. The Balaban J connectivity index is 1.75. The average molecular weight is 588 g/mol. The third kappa shape index (κ3) is 8.45. The lowest BCUT2D eigenvalue weighted by Crippen LogP contribution is -2.52. The Morgan fingerprint density at radius 1 is 0.756 bits per heavy atom. The quantitative estimate of drug-likeness (QED) is 0.182. The van der Waals surface area contributed by atoms with Gasteiger partial charge in [0.15, 0.2) is 0 Å². The molecule has 0 aliphatic rings. The van der Waals surface area contributed by atoms with Crippen molar-refractivity contribution in [2.24, 2.45) is 0 Å². The molecule has 4 rings (SSSR count). The Morgan fingerprint density at radius 2 is 1.32 bits per heavy atom. The van der Waals surface area contributed by atoms with E-state index in [1.54, 1.807) is 17.0 Å². The maximum atomic E-state index is 14.4. The highest BCUT2D eigenvalue weighted by atomic mass is 35.5. The highest BCUT2D eigenvalue weighted by Crippen LogP contribution is 2.30. The Kier molecular flexibility index (Phi) is 11.0. The van der Waals surface area contributed by atoms with Gasteiger partial charge in [0.05, 0.1) is 10.0 Å². The molecule has 1 N–H and O–H groups in total. The minimum absolute atomic E-state index is 0.0240. The molecule has 0 aromatic heterocycles. The molecule has 0 saturated heterocycles. The number of carbonyl (C=O) groups is 2. The van der Waals surface area contributed by atoms with Crippen LogP contribution in [0.15, 0.2) is 109 Å². The molecule has 6 heteroatoms. The van der Waals surface area contributed by atoms with Crippen LogP contribution in [0.2, 0.25) is 10.0 Å². The molecule has 0 aliphatic carbocycles. The molecule has 41 heavy (non-hydrogen) atoms. The van der Waals surface area contributed by atoms with Crippen molar-refractivity contribution >= 4 is 35.0 Å². The van der Waals surface area contributed by atoms with Gasteiger partial charge in [0.1, 0.15) is 6.04 Å². The van der Waals surface area contributed by atoms with Gasteiger partial charge in [-0.3, -0.25) is 9.59 Å². The fourth-order valence-corrected chi connectivity index (χ4v) is 5.24. The SMILES string of the molecule is CC[C@H](C)NC(=O)[C@H](Cc1ccccc1)N(Cc1ccc(Cl)c(Cl)c1)C(=O)CC(c1ccccc1)c1ccccc1. The van der Waals surface area contributed by atoms with E-state index in [0.29, 0.717) is 16.5 Å². The third-order valence-corrected chi connectivity index (χ3v) is 8.13. The normalized spacial score (nSPS) is 12.5. The minimum atomic E-state index is -0.722. The number of nitrogens with one attached hydrogen (secondary N) is 1. The molecule has 4 aromatic rings. The molecule has 0 heterocycles. The first kappa shape index (κ1) is 30.4. The zero-order valence-corrected chi connectivity index (χ0v) is 25.0. The summed E-state index contributed by atoms with van der Waals surface area (Å²) in [7, 11) is 0. The predicted octanol–water partition coefficient (Wildman–Crippen LogP) is 8.07. The Labute approximate surface area is 253 Å². The summed E-state index contributed by atoms with van der Waals surface area (Å²) in [6.45, 7) is 4.22. The summed E-state index contributed by atoms with van der Waals surface area (Å²) in [5.74, 6) is -0.460. The summed E-state index contributed by atoms with van der Waals surface area (Å²) in [5, 5.41) is 3.98. The second-order valence-corrected chi connectivity index (χ2v) is 11.2. The van der Waals surface area contributed by atoms with E-state index in [1.165, 1.54) is 0 Å². The molecule has 0 bridgehead atoms. The molecule has 2 amide bonds. The van der Waals surface area contributed by atoms with E-state index >= 15 is 0 Å². The first-order valence-electron chi connectivity index (χ1n) is 14.0.